The Hall–Kier alpha value is -2.14. The number of rotatable bonds is 6. The summed E-state index contributed by atoms with van der Waals surface area (Å²) < 4.78 is 1.76. The highest BCUT2D eigenvalue weighted by Gasteiger charge is 2.09. The van der Waals surface area contributed by atoms with E-state index in [4.69, 9.17) is 0 Å². The fourth-order valence-corrected chi connectivity index (χ4v) is 2.34. The summed E-state index contributed by atoms with van der Waals surface area (Å²) in [4.78, 5) is 14.1. The number of hydrogen-bond acceptors (Lipinski definition) is 3. The molecule has 0 atom stereocenters. The summed E-state index contributed by atoms with van der Waals surface area (Å²) in [6, 6.07) is 8.01. The van der Waals surface area contributed by atoms with E-state index in [1.165, 1.54) is 5.56 Å². The molecule has 0 spiro atoms. The summed E-state index contributed by atoms with van der Waals surface area (Å²) in [7, 11) is 3.81. The molecule has 118 valence electrons. The van der Waals surface area contributed by atoms with Gasteiger partial charge < -0.3 is 5.32 Å². The van der Waals surface area contributed by atoms with Crippen LogP contribution in [0.4, 0.5) is 5.69 Å². The predicted molar refractivity (Wildman–Crippen MR) is 88.7 cm³/mol. The summed E-state index contributed by atoms with van der Waals surface area (Å²) >= 11 is 0. The van der Waals surface area contributed by atoms with Crippen LogP contribution >= 0.6 is 0 Å². The van der Waals surface area contributed by atoms with Crippen LogP contribution in [0.25, 0.3) is 0 Å². The number of aromatic nitrogens is 2. The van der Waals surface area contributed by atoms with E-state index in [9.17, 15) is 4.79 Å². The van der Waals surface area contributed by atoms with Gasteiger partial charge >= 0.3 is 0 Å². The Kier molecular flexibility index (Phi) is 5.33. The van der Waals surface area contributed by atoms with E-state index in [1.54, 1.807) is 4.68 Å². The molecule has 5 heteroatoms. The minimum Gasteiger partial charge on any atom is -0.325 e. The van der Waals surface area contributed by atoms with Gasteiger partial charge in [-0.1, -0.05) is 26.0 Å². The molecule has 0 aliphatic rings. The number of hydrogen-bond donors (Lipinski definition) is 1. The number of nitrogens with one attached hydrogen (secondary N) is 1. The van der Waals surface area contributed by atoms with E-state index in [-0.39, 0.29) is 5.91 Å². The average Bonchev–Trinajstić information content (AvgIpc) is 2.83. The van der Waals surface area contributed by atoms with Gasteiger partial charge in [-0.3, -0.25) is 14.4 Å². The van der Waals surface area contributed by atoms with Gasteiger partial charge in [0.05, 0.1) is 12.7 Å². The molecule has 2 rings (SSSR count). The molecule has 1 amide bonds. The van der Waals surface area contributed by atoms with E-state index < -0.39 is 0 Å². The lowest BCUT2D eigenvalue weighted by Crippen LogP contribution is -2.29. The maximum Gasteiger partial charge on any atom is 0.238 e. The molecular formula is C17H24N4O. The second kappa shape index (κ2) is 7.22. The Morgan fingerprint density at radius 1 is 1.41 bits per heavy atom. The first kappa shape index (κ1) is 16.2. The van der Waals surface area contributed by atoms with Crippen molar-refractivity contribution in [1.82, 2.24) is 14.7 Å². The Morgan fingerprint density at radius 3 is 2.82 bits per heavy atom. The standard InChI is InChI=1S/C17H24N4O/c1-13(2)15-6-5-7-16(8-15)19-17(22)12-20(3)10-14-9-18-21(4)11-14/h5-9,11,13H,10,12H2,1-4H3,(H,19,22). The minimum absolute atomic E-state index is 0.00713. The number of anilines is 1. The van der Waals surface area contributed by atoms with Gasteiger partial charge in [0.25, 0.3) is 0 Å². The van der Waals surface area contributed by atoms with Gasteiger partial charge in [0.15, 0.2) is 0 Å². The van der Waals surface area contributed by atoms with Crippen molar-refractivity contribution in [2.45, 2.75) is 26.3 Å². The third-order valence-electron chi connectivity index (χ3n) is 3.46. The van der Waals surface area contributed by atoms with Crippen LogP contribution in [-0.4, -0.2) is 34.2 Å². The molecule has 1 aromatic heterocycles. The lowest BCUT2D eigenvalue weighted by Gasteiger charge is -2.16. The quantitative estimate of drug-likeness (QED) is 0.892. The molecule has 0 saturated heterocycles. The molecule has 0 aliphatic heterocycles. The molecule has 0 aliphatic carbocycles. The molecule has 2 aromatic rings. The molecule has 0 fully saturated rings. The predicted octanol–water partition coefficient (Wildman–Crippen LogP) is 2.61. The van der Waals surface area contributed by atoms with Crippen LogP contribution in [0, 0.1) is 0 Å². The van der Waals surface area contributed by atoms with Gasteiger partial charge in [-0.05, 0) is 30.7 Å². The highest BCUT2D eigenvalue weighted by Crippen LogP contribution is 2.18. The third kappa shape index (κ3) is 4.70. The number of carbonyl (C=O) groups excluding carboxylic acids is 1. The van der Waals surface area contributed by atoms with Gasteiger partial charge in [0.2, 0.25) is 5.91 Å². The molecule has 0 unspecified atom stereocenters. The number of likely N-dealkylation sites (N-methyl/N-ethyl adjacent to an activating group) is 1. The van der Waals surface area contributed by atoms with E-state index in [2.05, 4.69) is 30.3 Å². The fourth-order valence-electron chi connectivity index (χ4n) is 2.34. The zero-order valence-corrected chi connectivity index (χ0v) is 13.7. The minimum atomic E-state index is -0.00713. The van der Waals surface area contributed by atoms with Gasteiger partial charge in [0.1, 0.15) is 0 Å². The Balaban J connectivity index is 1.88. The third-order valence-corrected chi connectivity index (χ3v) is 3.46. The SMILES string of the molecule is CC(C)c1cccc(NC(=O)CN(C)Cc2cnn(C)c2)c1. The summed E-state index contributed by atoms with van der Waals surface area (Å²) in [5.74, 6) is 0.442. The highest BCUT2D eigenvalue weighted by molar-refractivity contribution is 5.92. The number of nitrogens with zero attached hydrogens (tertiary/aromatic N) is 3. The lowest BCUT2D eigenvalue weighted by molar-refractivity contribution is -0.117. The summed E-state index contributed by atoms with van der Waals surface area (Å²) in [6.45, 7) is 5.33. The molecule has 0 radical (unpaired) electrons. The van der Waals surface area contributed by atoms with Crippen molar-refractivity contribution in [3.63, 3.8) is 0 Å². The first-order valence-corrected chi connectivity index (χ1v) is 7.50. The van der Waals surface area contributed by atoms with Crippen LogP contribution in [0.5, 0.6) is 0 Å². The van der Waals surface area contributed by atoms with E-state index in [0.717, 1.165) is 11.3 Å². The van der Waals surface area contributed by atoms with Crippen molar-refractivity contribution >= 4 is 11.6 Å². The van der Waals surface area contributed by atoms with Crippen molar-refractivity contribution in [2.75, 3.05) is 18.9 Å². The second-order valence-electron chi connectivity index (χ2n) is 6.02. The summed E-state index contributed by atoms with van der Waals surface area (Å²) in [5, 5.41) is 7.09. The van der Waals surface area contributed by atoms with Crippen molar-refractivity contribution < 1.29 is 4.79 Å². The molecule has 22 heavy (non-hydrogen) atoms. The topological polar surface area (TPSA) is 50.2 Å². The smallest absolute Gasteiger partial charge is 0.238 e. The number of carbonyl (C=O) groups is 1. The largest absolute Gasteiger partial charge is 0.325 e. The molecule has 1 aromatic carbocycles. The number of aryl methyl sites for hydroxylation is 1. The van der Waals surface area contributed by atoms with Gasteiger partial charge in [-0.25, -0.2) is 0 Å². The molecule has 0 bridgehead atoms. The highest BCUT2D eigenvalue weighted by atomic mass is 16.2. The maximum absolute atomic E-state index is 12.1. The van der Waals surface area contributed by atoms with Crippen LogP contribution in [0.2, 0.25) is 0 Å². The van der Waals surface area contributed by atoms with Gasteiger partial charge in [-0.15, -0.1) is 0 Å². The van der Waals surface area contributed by atoms with Crippen LogP contribution in [0.15, 0.2) is 36.7 Å². The van der Waals surface area contributed by atoms with Gasteiger partial charge in [0, 0.05) is 31.0 Å². The Morgan fingerprint density at radius 2 is 2.18 bits per heavy atom. The first-order chi connectivity index (χ1) is 10.4. The lowest BCUT2D eigenvalue weighted by atomic mass is 10.0. The molecule has 0 saturated carbocycles. The monoisotopic (exact) mass is 300 g/mol. The zero-order valence-electron chi connectivity index (χ0n) is 13.7. The number of amides is 1. The zero-order chi connectivity index (χ0) is 16.1. The van der Waals surface area contributed by atoms with Crippen LogP contribution < -0.4 is 5.32 Å². The van der Waals surface area contributed by atoms with Crippen molar-refractivity contribution in [2.24, 2.45) is 7.05 Å². The summed E-state index contributed by atoms with van der Waals surface area (Å²) in [6.07, 6.45) is 3.78. The van der Waals surface area contributed by atoms with Crippen LogP contribution in [0.1, 0.15) is 30.9 Å². The van der Waals surface area contributed by atoms with Crippen LogP contribution in [0.3, 0.4) is 0 Å². The Bertz CT molecular complexity index is 633. The average molecular weight is 300 g/mol. The number of benzene rings is 1. The van der Waals surface area contributed by atoms with Crippen LogP contribution in [-0.2, 0) is 18.4 Å². The van der Waals surface area contributed by atoms with Gasteiger partial charge in [-0.2, -0.15) is 5.10 Å². The molecular weight excluding hydrogens is 276 g/mol. The van der Waals surface area contributed by atoms with E-state index in [1.807, 2.05) is 49.6 Å². The first-order valence-electron chi connectivity index (χ1n) is 7.50. The normalized spacial score (nSPS) is 11.2. The molecule has 5 nitrogen and oxygen atoms in total. The molecule has 1 N–H and O–H groups in total. The van der Waals surface area contributed by atoms with Crippen molar-refractivity contribution in [1.29, 1.82) is 0 Å². The Labute approximate surface area is 131 Å². The van der Waals surface area contributed by atoms with Crippen molar-refractivity contribution in [3.8, 4) is 0 Å². The summed E-state index contributed by atoms with van der Waals surface area (Å²) in [5.41, 5.74) is 3.17. The molecule has 1 heterocycles. The fraction of sp³-hybridized carbons (Fsp3) is 0.412. The van der Waals surface area contributed by atoms with E-state index >= 15 is 0 Å². The van der Waals surface area contributed by atoms with Crippen molar-refractivity contribution in [3.05, 3.63) is 47.8 Å². The second-order valence-corrected chi connectivity index (χ2v) is 6.02. The van der Waals surface area contributed by atoms with E-state index in [0.29, 0.717) is 19.0 Å². The maximum atomic E-state index is 12.1.